The first-order valence-electron chi connectivity index (χ1n) is 4.36. The van der Waals surface area contributed by atoms with Crippen LogP contribution in [-0.4, -0.2) is 16.2 Å². The van der Waals surface area contributed by atoms with E-state index < -0.39 is 23.7 Å². The van der Waals surface area contributed by atoms with Gasteiger partial charge < -0.3 is 10.2 Å². The minimum atomic E-state index is -1.29. The first-order chi connectivity index (χ1) is 7.02. The fourth-order valence-electron chi connectivity index (χ4n) is 1.19. The van der Waals surface area contributed by atoms with E-state index in [1.807, 2.05) is 0 Å². The largest absolute Gasteiger partial charge is 0.481 e. The van der Waals surface area contributed by atoms with E-state index in [-0.39, 0.29) is 18.4 Å². The summed E-state index contributed by atoms with van der Waals surface area (Å²) in [5.41, 5.74) is -0.212. The van der Waals surface area contributed by atoms with Crippen LogP contribution in [0.5, 0.6) is 0 Å². The molecule has 0 radical (unpaired) electrons. The van der Waals surface area contributed by atoms with Crippen LogP contribution in [0.25, 0.3) is 0 Å². The lowest BCUT2D eigenvalue weighted by molar-refractivity contribution is -0.137. The zero-order valence-corrected chi connectivity index (χ0v) is 7.78. The van der Waals surface area contributed by atoms with Crippen LogP contribution in [0, 0.1) is 11.6 Å². The van der Waals surface area contributed by atoms with Crippen molar-refractivity contribution in [2.75, 3.05) is 0 Å². The molecule has 0 spiro atoms. The SMILES string of the molecule is O=C(O)CCC(O)c1cccc(F)c1F. The average Bonchev–Trinajstić information content (AvgIpc) is 2.18. The summed E-state index contributed by atoms with van der Waals surface area (Å²) in [6.45, 7) is 0. The number of aliphatic carboxylic acids is 1. The summed E-state index contributed by atoms with van der Waals surface area (Å²) in [5.74, 6) is -3.27. The lowest BCUT2D eigenvalue weighted by Gasteiger charge is -2.10. The van der Waals surface area contributed by atoms with E-state index in [0.717, 1.165) is 6.07 Å². The molecule has 1 atom stereocenters. The number of halogens is 2. The fraction of sp³-hybridized carbons (Fsp3) is 0.300. The molecule has 1 rings (SSSR count). The molecule has 0 bridgehead atoms. The summed E-state index contributed by atoms with van der Waals surface area (Å²) in [6.07, 6.45) is -1.73. The van der Waals surface area contributed by atoms with Gasteiger partial charge in [-0.05, 0) is 12.5 Å². The Bertz CT molecular complexity index is 366. The molecule has 82 valence electrons. The van der Waals surface area contributed by atoms with Crippen molar-refractivity contribution >= 4 is 5.97 Å². The molecule has 3 nitrogen and oxygen atoms in total. The Morgan fingerprint density at radius 1 is 1.40 bits per heavy atom. The Morgan fingerprint density at radius 2 is 2.07 bits per heavy atom. The number of carbonyl (C=O) groups is 1. The van der Waals surface area contributed by atoms with Crippen molar-refractivity contribution in [3.05, 3.63) is 35.4 Å². The Hall–Kier alpha value is -1.49. The molecule has 2 N–H and O–H groups in total. The van der Waals surface area contributed by atoms with E-state index in [9.17, 15) is 18.7 Å². The second-order valence-corrected chi connectivity index (χ2v) is 3.09. The number of carboxylic acids is 1. The summed E-state index contributed by atoms with van der Waals surface area (Å²) in [5, 5.41) is 17.8. The van der Waals surface area contributed by atoms with Crippen molar-refractivity contribution in [2.45, 2.75) is 18.9 Å². The topological polar surface area (TPSA) is 57.5 Å². The van der Waals surface area contributed by atoms with E-state index >= 15 is 0 Å². The van der Waals surface area contributed by atoms with Crippen LogP contribution in [0.2, 0.25) is 0 Å². The van der Waals surface area contributed by atoms with Gasteiger partial charge in [-0.2, -0.15) is 0 Å². The van der Waals surface area contributed by atoms with E-state index in [4.69, 9.17) is 5.11 Å². The second kappa shape index (κ2) is 4.84. The van der Waals surface area contributed by atoms with Gasteiger partial charge in [0.1, 0.15) is 0 Å². The molecule has 0 aromatic heterocycles. The number of aliphatic hydroxyl groups is 1. The average molecular weight is 216 g/mol. The highest BCUT2D eigenvalue weighted by atomic mass is 19.2. The molecule has 0 saturated heterocycles. The molecule has 1 aromatic rings. The van der Waals surface area contributed by atoms with Gasteiger partial charge in [-0.15, -0.1) is 0 Å². The summed E-state index contributed by atoms with van der Waals surface area (Å²) in [6, 6.07) is 3.42. The predicted molar refractivity (Wildman–Crippen MR) is 48.2 cm³/mol. The van der Waals surface area contributed by atoms with E-state index in [1.54, 1.807) is 0 Å². The van der Waals surface area contributed by atoms with Crippen LogP contribution < -0.4 is 0 Å². The fourth-order valence-corrected chi connectivity index (χ4v) is 1.19. The number of aliphatic hydroxyl groups excluding tert-OH is 1. The maximum atomic E-state index is 13.1. The zero-order chi connectivity index (χ0) is 11.4. The first kappa shape index (κ1) is 11.6. The summed E-state index contributed by atoms with van der Waals surface area (Å²) < 4.78 is 25.8. The van der Waals surface area contributed by atoms with Crippen LogP contribution in [0.3, 0.4) is 0 Å². The molecule has 1 unspecified atom stereocenters. The summed E-state index contributed by atoms with van der Waals surface area (Å²) in [7, 11) is 0. The van der Waals surface area contributed by atoms with E-state index in [2.05, 4.69) is 0 Å². The number of hydrogen-bond acceptors (Lipinski definition) is 2. The van der Waals surface area contributed by atoms with Gasteiger partial charge >= 0.3 is 5.97 Å². The van der Waals surface area contributed by atoms with Gasteiger partial charge in [-0.1, -0.05) is 12.1 Å². The highest BCUT2D eigenvalue weighted by Gasteiger charge is 2.16. The summed E-state index contributed by atoms with van der Waals surface area (Å²) >= 11 is 0. The molecule has 5 heteroatoms. The quantitative estimate of drug-likeness (QED) is 0.807. The molecule has 15 heavy (non-hydrogen) atoms. The van der Waals surface area contributed by atoms with Gasteiger partial charge in [0.25, 0.3) is 0 Å². The van der Waals surface area contributed by atoms with Crippen molar-refractivity contribution in [2.24, 2.45) is 0 Å². The molecule has 1 aromatic carbocycles. The van der Waals surface area contributed by atoms with Crippen LogP contribution in [0.4, 0.5) is 8.78 Å². The highest BCUT2D eigenvalue weighted by Crippen LogP contribution is 2.22. The van der Waals surface area contributed by atoms with Gasteiger partial charge in [0.15, 0.2) is 11.6 Å². The van der Waals surface area contributed by atoms with Gasteiger partial charge in [0, 0.05) is 12.0 Å². The van der Waals surface area contributed by atoms with Crippen LogP contribution in [0.1, 0.15) is 24.5 Å². The molecule has 0 aliphatic heterocycles. The lowest BCUT2D eigenvalue weighted by atomic mass is 10.0. The number of rotatable bonds is 4. The van der Waals surface area contributed by atoms with Gasteiger partial charge in [0.2, 0.25) is 0 Å². The zero-order valence-electron chi connectivity index (χ0n) is 7.78. The molecular weight excluding hydrogens is 206 g/mol. The van der Waals surface area contributed by atoms with Gasteiger partial charge in [-0.3, -0.25) is 4.79 Å². The normalized spacial score (nSPS) is 12.5. The minimum Gasteiger partial charge on any atom is -0.481 e. The molecule has 0 aliphatic carbocycles. The van der Waals surface area contributed by atoms with Crippen molar-refractivity contribution in [3.63, 3.8) is 0 Å². The molecule has 0 saturated carbocycles. The van der Waals surface area contributed by atoms with E-state index in [0.29, 0.717) is 0 Å². The number of hydrogen-bond donors (Lipinski definition) is 2. The molecule has 0 amide bonds. The molecule has 0 heterocycles. The third kappa shape index (κ3) is 2.99. The Morgan fingerprint density at radius 3 is 2.67 bits per heavy atom. The maximum absolute atomic E-state index is 13.1. The second-order valence-electron chi connectivity index (χ2n) is 3.09. The Kier molecular flexibility index (Phi) is 3.74. The molecule has 0 fully saturated rings. The van der Waals surface area contributed by atoms with Crippen LogP contribution in [0.15, 0.2) is 18.2 Å². The van der Waals surface area contributed by atoms with Crippen molar-refractivity contribution in [3.8, 4) is 0 Å². The smallest absolute Gasteiger partial charge is 0.303 e. The minimum absolute atomic E-state index is 0.143. The molecular formula is C10H10F2O3. The Labute approximate surface area is 85.0 Å². The predicted octanol–water partition coefficient (Wildman–Crippen LogP) is 1.86. The van der Waals surface area contributed by atoms with Crippen LogP contribution >= 0.6 is 0 Å². The van der Waals surface area contributed by atoms with E-state index in [1.165, 1.54) is 12.1 Å². The summed E-state index contributed by atoms with van der Waals surface area (Å²) in [4.78, 5) is 10.2. The standard InChI is InChI=1S/C10H10F2O3/c11-7-3-1-2-6(10(7)12)8(13)4-5-9(14)15/h1-3,8,13H,4-5H2,(H,14,15). The number of carboxylic acid groups (broad SMARTS) is 1. The molecule has 0 aliphatic rings. The maximum Gasteiger partial charge on any atom is 0.303 e. The third-order valence-corrected chi connectivity index (χ3v) is 1.97. The Balaban J connectivity index is 2.77. The van der Waals surface area contributed by atoms with Crippen molar-refractivity contribution < 1.29 is 23.8 Å². The first-order valence-corrected chi connectivity index (χ1v) is 4.36. The lowest BCUT2D eigenvalue weighted by Crippen LogP contribution is -2.05. The highest BCUT2D eigenvalue weighted by molar-refractivity contribution is 5.66. The van der Waals surface area contributed by atoms with Crippen molar-refractivity contribution in [1.29, 1.82) is 0 Å². The number of benzene rings is 1. The van der Waals surface area contributed by atoms with Gasteiger partial charge in [-0.25, -0.2) is 8.78 Å². The van der Waals surface area contributed by atoms with Gasteiger partial charge in [0.05, 0.1) is 6.10 Å². The van der Waals surface area contributed by atoms with Crippen molar-refractivity contribution in [1.82, 2.24) is 0 Å². The monoisotopic (exact) mass is 216 g/mol. The third-order valence-electron chi connectivity index (χ3n) is 1.97. The van der Waals surface area contributed by atoms with Crippen LogP contribution in [-0.2, 0) is 4.79 Å².